The number of hydrogen-bond acceptors (Lipinski definition) is 4. The molecule has 0 aromatic heterocycles. The van der Waals surface area contributed by atoms with Gasteiger partial charge in [-0.05, 0) is 85.9 Å². The van der Waals surface area contributed by atoms with Crippen molar-refractivity contribution in [2.45, 2.75) is 77.0 Å². The Kier molecular flexibility index (Phi) is 7.02. The molecular weight excluding hydrogens is 418 g/mol. The first-order chi connectivity index (χ1) is 16.5. The van der Waals surface area contributed by atoms with E-state index in [1.807, 2.05) is 0 Å². The Balaban J connectivity index is 1.40. The molecular formula is C30H43N3O. The molecule has 2 unspecified atom stereocenters. The molecule has 2 aliphatic heterocycles. The van der Waals surface area contributed by atoms with Crippen LogP contribution >= 0.6 is 0 Å². The van der Waals surface area contributed by atoms with Crippen LogP contribution in [0.15, 0.2) is 48.5 Å². The number of hydrogen-bond donors (Lipinski definition) is 1. The summed E-state index contributed by atoms with van der Waals surface area (Å²) in [6, 6.07) is 19.5. The van der Waals surface area contributed by atoms with Crippen LogP contribution in [0.4, 0.5) is 0 Å². The Bertz CT molecular complexity index is 942. The highest BCUT2D eigenvalue weighted by molar-refractivity contribution is 5.34. The largest absolute Gasteiger partial charge is 0.497 e. The summed E-state index contributed by atoms with van der Waals surface area (Å²) in [7, 11) is 1.74. The van der Waals surface area contributed by atoms with E-state index in [1.165, 1.54) is 49.9 Å². The minimum atomic E-state index is 0.453. The molecule has 2 heterocycles. The van der Waals surface area contributed by atoms with Gasteiger partial charge in [0.25, 0.3) is 0 Å². The maximum atomic E-state index is 5.37. The van der Waals surface area contributed by atoms with E-state index in [-0.39, 0.29) is 0 Å². The van der Waals surface area contributed by atoms with Crippen LogP contribution in [0.3, 0.4) is 0 Å². The highest BCUT2D eigenvalue weighted by atomic mass is 16.5. The quantitative estimate of drug-likeness (QED) is 0.606. The van der Waals surface area contributed by atoms with Crippen LogP contribution in [-0.2, 0) is 6.54 Å². The minimum Gasteiger partial charge on any atom is -0.497 e. The normalized spacial score (nSPS) is 26.0. The molecule has 4 heteroatoms. The zero-order valence-corrected chi connectivity index (χ0v) is 21.6. The van der Waals surface area contributed by atoms with E-state index in [9.17, 15) is 0 Å². The molecule has 1 saturated carbocycles. The Morgan fingerprint density at radius 2 is 1.71 bits per heavy atom. The average molecular weight is 462 g/mol. The summed E-state index contributed by atoms with van der Waals surface area (Å²) in [6.07, 6.45) is 5.51. The van der Waals surface area contributed by atoms with E-state index < -0.39 is 0 Å². The first kappa shape index (κ1) is 23.8. The molecule has 2 aromatic carbocycles. The van der Waals surface area contributed by atoms with Gasteiger partial charge in [0.2, 0.25) is 0 Å². The van der Waals surface area contributed by atoms with Crippen molar-refractivity contribution in [2.75, 3.05) is 33.3 Å². The van der Waals surface area contributed by atoms with Crippen molar-refractivity contribution < 1.29 is 4.74 Å². The summed E-state index contributed by atoms with van der Waals surface area (Å²) in [5, 5.41) is 3.57. The Morgan fingerprint density at radius 1 is 1.00 bits per heavy atom. The Morgan fingerprint density at radius 3 is 2.38 bits per heavy atom. The fourth-order valence-corrected chi connectivity index (χ4v) is 6.95. The van der Waals surface area contributed by atoms with Gasteiger partial charge >= 0.3 is 0 Å². The molecule has 0 bridgehead atoms. The van der Waals surface area contributed by atoms with E-state index in [2.05, 4.69) is 84.4 Å². The summed E-state index contributed by atoms with van der Waals surface area (Å²) in [5.74, 6) is 1.47. The van der Waals surface area contributed by atoms with Crippen LogP contribution in [0.5, 0.6) is 5.75 Å². The molecule has 184 valence electrons. The van der Waals surface area contributed by atoms with Gasteiger partial charge in [-0.15, -0.1) is 0 Å². The monoisotopic (exact) mass is 461 g/mol. The zero-order valence-electron chi connectivity index (χ0n) is 21.6. The van der Waals surface area contributed by atoms with Gasteiger partial charge < -0.3 is 10.1 Å². The van der Waals surface area contributed by atoms with E-state index >= 15 is 0 Å². The fraction of sp³-hybridized carbons (Fsp3) is 0.600. The van der Waals surface area contributed by atoms with Gasteiger partial charge in [0.05, 0.1) is 13.2 Å². The third-order valence-corrected chi connectivity index (χ3v) is 8.99. The molecule has 1 aliphatic carbocycles. The van der Waals surface area contributed by atoms with Crippen LogP contribution in [-0.4, -0.2) is 55.2 Å². The van der Waals surface area contributed by atoms with Gasteiger partial charge in [-0.3, -0.25) is 9.80 Å². The van der Waals surface area contributed by atoms with Crippen LogP contribution in [0, 0.1) is 5.41 Å². The predicted molar refractivity (Wildman–Crippen MR) is 140 cm³/mol. The van der Waals surface area contributed by atoms with Gasteiger partial charge in [-0.2, -0.15) is 0 Å². The molecule has 2 aromatic rings. The molecule has 2 saturated heterocycles. The first-order valence-electron chi connectivity index (χ1n) is 13.4. The maximum Gasteiger partial charge on any atom is 0.118 e. The molecule has 1 spiro atoms. The minimum absolute atomic E-state index is 0.453. The SMILES string of the molecule is COc1ccc(CN2CCN(C3CC4(CCNCC4)C3)C(c3ccccc3C(C)C)C2C)cc1. The molecule has 34 heavy (non-hydrogen) atoms. The van der Waals surface area contributed by atoms with E-state index in [1.54, 1.807) is 12.7 Å². The second kappa shape index (κ2) is 10.0. The number of piperidine rings is 1. The molecule has 2 atom stereocenters. The molecule has 1 N–H and O–H groups in total. The molecule has 4 nitrogen and oxygen atoms in total. The molecule has 0 radical (unpaired) electrons. The van der Waals surface area contributed by atoms with Gasteiger partial charge in [0.1, 0.15) is 5.75 Å². The number of piperazine rings is 1. The van der Waals surface area contributed by atoms with Gasteiger partial charge in [-0.25, -0.2) is 0 Å². The summed E-state index contributed by atoms with van der Waals surface area (Å²) < 4.78 is 5.37. The second-order valence-electron chi connectivity index (χ2n) is 11.3. The van der Waals surface area contributed by atoms with E-state index in [0.29, 0.717) is 23.4 Å². The first-order valence-corrected chi connectivity index (χ1v) is 13.4. The number of nitrogens with one attached hydrogen (secondary N) is 1. The third-order valence-electron chi connectivity index (χ3n) is 8.99. The fourth-order valence-electron chi connectivity index (χ4n) is 6.95. The van der Waals surface area contributed by atoms with Crippen molar-refractivity contribution in [3.8, 4) is 5.75 Å². The van der Waals surface area contributed by atoms with E-state index in [4.69, 9.17) is 4.74 Å². The summed E-state index contributed by atoms with van der Waals surface area (Å²) >= 11 is 0. The smallest absolute Gasteiger partial charge is 0.118 e. The number of nitrogens with zero attached hydrogens (tertiary/aromatic N) is 2. The lowest BCUT2D eigenvalue weighted by molar-refractivity contribution is -0.0819. The number of rotatable bonds is 6. The van der Waals surface area contributed by atoms with Crippen LogP contribution < -0.4 is 10.1 Å². The zero-order chi connectivity index (χ0) is 23.7. The molecule has 3 aliphatic rings. The Hall–Kier alpha value is -1.88. The molecule has 5 rings (SSSR count). The van der Waals surface area contributed by atoms with Crippen molar-refractivity contribution in [3.63, 3.8) is 0 Å². The van der Waals surface area contributed by atoms with Crippen molar-refractivity contribution >= 4 is 0 Å². The Labute approximate surface area is 206 Å². The van der Waals surface area contributed by atoms with Gasteiger partial charge in [0, 0.05) is 31.7 Å². The van der Waals surface area contributed by atoms with Crippen molar-refractivity contribution in [1.82, 2.24) is 15.1 Å². The van der Waals surface area contributed by atoms with Crippen LogP contribution in [0.2, 0.25) is 0 Å². The molecule has 0 amide bonds. The lowest BCUT2D eigenvalue weighted by Crippen LogP contribution is -2.61. The standard InChI is InChI=1S/C30H43N3O/c1-22(2)27-7-5-6-8-28(27)29-23(3)32(21-24-9-11-26(34-4)12-10-24)17-18-33(29)25-19-30(20-25)13-15-31-16-14-30/h5-12,22-23,25,29,31H,13-21H2,1-4H3. The topological polar surface area (TPSA) is 27.7 Å². The predicted octanol–water partition coefficient (Wildman–Crippen LogP) is 5.60. The van der Waals surface area contributed by atoms with Crippen molar-refractivity contribution in [1.29, 1.82) is 0 Å². The maximum absolute atomic E-state index is 5.37. The van der Waals surface area contributed by atoms with Crippen molar-refractivity contribution in [3.05, 3.63) is 65.2 Å². The highest BCUT2D eigenvalue weighted by Crippen LogP contribution is 2.52. The summed E-state index contributed by atoms with van der Waals surface area (Å²) in [6.45, 7) is 12.9. The number of ether oxygens (including phenoxy) is 1. The summed E-state index contributed by atoms with van der Waals surface area (Å²) in [4.78, 5) is 5.61. The highest BCUT2D eigenvalue weighted by Gasteiger charge is 2.50. The van der Waals surface area contributed by atoms with Crippen LogP contribution in [0.1, 0.15) is 75.1 Å². The number of benzene rings is 2. The third kappa shape index (κ3) is 4.65. The van der Waals surface area contributed by atoms with E-state index in [0.717, 1.165) is 31.4 Å². The summed E-state index contributed by atoms with van der Waals surface area (Å²) in [5.41, 5.74) is 5.05. The number of methoxy groups -OCH3 is 1. The van der Waals surface area contributed by atoms with Crippen LogP contribution in [0.25, 0.3) is 0 Å². The lowest BCUT2D eigenvalue weighted by Gasteiger charge is -2.59. The van der Waals surface area contributed by atoms with Crippen molar-refractivity contribution in [2.24, 2.45) is 5.41 Å². The van der Waals surface area contributed by atoms with Gasteiger partial charge in [-0.1, -0.05) is 50.2 Å². The second-order valence-corrected chi connectivity index (χ2v) is 11.3. The average Bonchev–Trinajstić information content (AvgIpc) is 2.84. The molecule has 3 fully saturated rings. The lowest BCUT2D eigenvalue weighted by atomic mass is 9.59. The van der Waals surface area contributed by atoms with Gasteiger partial charge in [0.15, 0.2) is 0 Å².